The van der Waals surface area contributed by atoms with Gasteiger partial charge in [-0.3, -0.25) is 15.0 Å². The van der Waals surface area contributed by atoms with E-state index < -0.39 is 22.9 Å². The molecule has 0 aliphatic heterocycles. The Bertz CT molecular complexity index is 1040. The molecule has 2 aromatic heterocycles. The van der Waals surface area contributed by atoms with Crippen molar-refractivity contribution in [1.82, 2.24) is 9.66 Å². The molecule has 0 aliphatic carbocycles. The standard InChI is InChI=1S/C16H12FN3O4/c1-24-16(23)12-8-20(19-10-4-2-9(17)3-5-10)15(22)11-6-7-13(21)18-14(11)12/h2-8,19H,1H3,(H,18,21). The molecule has 0 atom stereocenters. The summed E-state index contributed by atoms with van der Waals surface area (Å²) in [5.41, 5.74) is 2.38. The lowest BCUT2D eigenvalue weighted by Crippen LogP contribution is -2.28. The van der Waals surface area contributed by atoms with Gasteiger partial charge >= 0.3 is 5.97 Å². The molecular weight excluding hydrogens is 317 g/mol. The first-order valence-corrected chi connectivity index (χ1v) is 6.89. The fourth-order valence-corrected chi connectivity index (χ4v) is 2.26. The van der Waals surface area contributed by atoms with Crippen molar-refractivity contribution < 1.29 is 13.9 Å². The number of benzene rings is 1. The van der Waals surface area contributed by atoms with Gasteiger partial charge in [-0.05, 0) is 30.3 Å². The van der Waals surface area contributed by atoms with Crippen LogP contribution in [0.5, 0.6) is 0 Å². The monoisotopic (exact) mass is 329 g/mol. The number of aromatic nitrogens is 2. The molecule has 0 spiro atoms. The molecule has 3 aromatic rings. The Morgan fingerprint density at radius 2 is 1.88 bits per heavy atom. The third-order valence-corrected chi connectivity index (χ3v) is 3.39. The number of methoxy groups -OCH3 is 1. The van der Waals surface area contributed by atoms with E-state index in [9.17, 15) is 18.8 Å². The molecule has 1 aromatic carbocycles. The van der Waals surface area contributed by atoms with Crippen molar-refractivity contribution >= 4 is 22.6 Å². The topological polar surface area (TPSA) is 93.2 Å². The molecular formula is C16H12FN3O4. The van der Waals surface area contributed by atoms with E-state index in [2.05, 4.69) is 10.4 Å². The lowest BCUT2D eigenvalue weighted by molar-refractivity contribution is 0.0602. The fourth-order valence-electron chi connectivity index (χ4n) is 2.26. The number of fused-ring (bicyclic) bond motifs is 1. The molecule has 122 valence electrons. The number of carbonyl (C=O) groups is 1. The van der Waals surface area contributed by atoms with E-state index in [0.717, 1.165) is 4.68 Å². The van der Waals surface area contributed by atoms with Crippen molar-refractivity contribution in [3.63, 3.8) is 0 Å². The van der Waals surface area contributed by atoms with Gasteiger partial charge in [-0.15, -0.1) is 0 Å². The van der Waals surface area contributed by atoms with Gasteiger partial charge in [0.15, 0.2) is 0 Å². The molecule has 3 rings (SSSR count). The van der Waals surface area contributed by atoms with Crippen molar-refractivity contribution in [2.75, 3.05) is 12.5 Å². The highest BCUT2D eigenvalue weighted by molar-refractivity contribution is 6.02. The number of rotatable bonds is 3. The van der Waals surface area contributed by atoms with Gasteiger partial charge in [-0.1, -0.05) is 0 Å². The third-order valence-electron chi connectivity index (χ3n) is 3.39. The maximum absolute atomic E-state index is 13.0. The summed E-state index contributed by atoms with van der Waals surface area (Å²) < 4.78 is 18.7. The number of hydrogen-bond donors (Lipinski definition) is 2. The Morgan fingerprint density at radius 3 is 2.54 bits per heavy atom. The number of hydrogen-bond acceptors (Lipinski definition) is 5. The van der Waals surface area contributed by atoms with Crippen LogP contribution >= 0.6 is 0 Å². The summed E-state index contributed by atoms with van der Waals surface area (Å²) in [5.74, 6) is -1.13. The fraction of sp³-hybridized carbons (Fsp3) is 0.0625. The van der Waals surface area contributed by atoms with E-state index in [1.165, 1.54) is 49.7 Å². The summed E-state index contributed by atoms with van der Waals surface area (Å²) in [6.45, 7) is 0. The van der Waals surface area contributed by atoms with E-state index in [1.54, 1.807) is 0 Å². The third kappa shape index (κ3) is 2.76. The average Bonchev–Trinajstić information content (AvgIpc) is 2.58. The second-order valence-corrected chi connectivity index (χ2v) is 4.94. The molecule has 0 radical (unpaired) electrons. The van der Waals surface area contributed by atoms with Crippen LogP contribution in [-0.4, -0.2) is 22.7 Å². The zero-order chi connectivity index (χ0) is 17.3. The Kier molecular flexibility index (Phi) is 3.87. The van der Waals surface area contributed by atoms with Crippen molar-refractivity contribution in [1.29, 1.82) is 0 Å². The van der Waals surface area contributed by atoms with Gasteiger partial charge in [0.1, 0.15) is 11.4 Å². The second kappa shape index (κ2) is 5.99. The number of H-pyrrole nitrogens is 1. The van der Waals surface area contributed by atoms with Crippen LogP contribution in [0.25, 0.3) is 10.9 Å². The number of aromatic amines is 1. The first-order chi connectivity index (χ1) is 11.5. The molecule has 7 nitrogen and oxygen atoms in total. The minimum atomic E-state index is -0.712. The van der Waals surface area contributed by atoms with Crippen molar-refractivity contribution in [2.45, 2.75) is 0 Å². The summed E-state index contributed by atoms with van der Waals surface area (Å²) in [6, 6.07) is 7.85. The molecule has 0 bridgehead atoms. The molecule has 8 heteroatoms. The Hall–Kier alpha value is -3.42. The Morgan fingerprint density at radius 1 is 1.17 bits per heavy atom. The molecule has 0 saturated heterocycles. The van der Waals surface area contributed by atoms with Crippen LogP contribution < -0.4 is 16.5 Å². The van der Waals surface area contributed by atoms with Crippen molar-refractivity contribution in [3.8, 4) is 0 Å². The largest absolute Gasteiger partial charge is 0.465 e. The number of ether oxygens (including phenoxy) is 1. The maximum atomic E-state index is 13.0. The SMILES string of the molecule is COC(=O)c1cn(Nc2ccc(F)cc2)c(=O)c2ccc(=O)[nH]c12. The van der Waals surface area contributed by atoms with Crippen LogP contribution in [0.4, 0.5) is 10.1 Å². The summed E-state index contributed by atoms with van der Waals surface area (Å²) >= 11 is 0. The zero-order valence-electron chi connectivity index (χ0n) is 12.5. The molecule has 0 saturated carbocycles. The number of pyridine rings is 2. The Labute approximate surface area is 134 Å². The minimum absolute atomic E-state index is 0.0133. The highest BCUT2D eigenvalue weighted by Crippen LogP contribution is 2.14. The van der Waals surface area contributed by atoms with E-state index in [4.69, 9.17) is 4.74 Å². The normalized spacial score (nSPS) is 10.6. The van der Waals surface area contributed by atoms with Crippen molar-refractivity contribution in [2.24, 2.45) is 0 Å². The predicted molar refractivity (Wildman–Crippen MR) is 85.6 cm³/mol. The van der Waals surface area contributed by atoms with Crippen LogP contribution in [-0.2, 0) is 4.74 Å². The van der Waals surface area contributed by atoms with E-state index in [-0.39, 0.29) is 16.5 Å². The highest BCUT2D eigenvalue weighted by atomic mass is 19.1. The molecule has 24 heavy (non-hydrogen) atoms. The number of nitrogens with one attached hydrogen (secondary N) is 2. The highest BCUT2D eigenvalue weighted by Gasteiger charge is 2.16. The smallest absolute Gasteiger partial charge is 0.341 e. The van der Waals surface area contributed by atoms with Crippen molar-refractivity contribution in [3.05, 3.63) is 74.7 Å². The van der Waals surface area contributed by atoms with E-state index in [1.807, 2.05) is 0 Å². The number of nitrogens with zero attached hydrogens (tertiary/aromatic N) is 1. The van der Waals surface area contributed by atoms with E-state index >= 15 is 0 Å². The number of anilines is 1. The number of carbonyl (C=O) groups excluding carboxylic acids is 1. The molecule has 0 fully saturated rings. The van der Waals surface area contributed by atoms with Crippen LogP contribution in [0, 0.1) is 5.82 Å². The maximum Gasteiger partial charge on any atom is 0.341 e. The summed E-state index contributed by atoms with van der Waals surface area (Å²) in [4.78, 5) is 38.5. The lowest BCUT2D eigenvalue weighted by Gasteiger charge is -2.13. The van der Waals surface area contributed by atoms with Crippen LogP contribution in [0.2, 0.25) is 0 Å². The minimum Gasteiger partial charge on any atom is -0.465 e. The van der Waals surface area contributed by atoms with Gasteiger partial charge in [-0.25, -0.2) is 13.9 Å². The molecule has 0 unspecified atom stereocenters. The molecule has 2 heterocycles. The van der Waals surface area contributed by atoms with Crippen LogP contribution in [0.15, 0.2) is 52.2 Å². The van der Waals surface area contributed by atoms with E-state index in [0.29, 0.717) is 5.69 Å². The summed E-state index contributed by atoms with van der Waals surface area (Å²) in [5, 5.41) is 0.132. The molecule has 2 N–H and O–H groups in total. The van der Waals surface area contributed by atoms with Crippen LogP contribution in [0.3, 0.4) is 0 Å². The predicted octanol–water partition coefficient (Wildman–Crippen LogP) is 1.49. The lowest BCUT2D eigenvalue weighted by atomic mass is 10.2. The molecule has 0 amide bonds. The average molecular weight is 329 g/mol. The quantitative estimate of drug-likeness (QED) is 0.710. The number of esters is 1. The van der Waals surface area contributed by atoms with Gasteiger partial charge in [-0.2, -0.15) is 0 Å². The van der Waals surface area contributed by atoms with Gasteiger partial charge in [0.2, 0.25) is 5.56 Å². The summed E-state index contributed by atoms with van der Waals surface area (Å²) in [7, 11) is 1.19. The first kappa shape index (κ1) is 15.5. The second-order valence-electron chi connectivity index (χ2n) is 4.94. The number of halogens is 1. The first-order valence-electron chi connectivity index (χ1n) is 6.89. The van der Waals surface area contributed by atoms with Gasteiger partial charge < -0.3 is 9.72 Å². The van der Waals surface area contributed by atoms with Gasteiger partial charge in [0.05, 0.1) is 23.7 Å². The summed E-state index contributed by atoms with van der Waals surface area (Å²) in [6.07, 6.45) is 1.22. The molecule has 0 aliphatic rings. The zero-order valence-corrected chi connectivity index (χ0v) is 12.5. The Balaban J connectivity index is 2.21. The van der Waals surface area contributed by atoms with Crippen LogP contribution in [0.1, 0.15) is 10.4 Å². The van der Waals surface area contributed by atoms with Gasteiger partial charge in [0.25, 0.3) is 5.56 Å². The van der Waals surface area contributed by atoms with Gasteiger partial charge in [0, 0.05) is 12.3 Å².